The minimum absolute atomic E-state index is 0.0233. The highest BCUT2D eigenvalue weighted by Crippen LogP contribution is 2.34. The number of aromatic nitrogens is 1. The van der Waals surface area contributed by atoms with Gasteiger partial charge in [0.05, 0.1) is 5.69 Å². The fraction of sp³-hybridized carbons (Fsp3) is 0.290. The van der Waals surface area contributed by atoms with Crippen LogP contribution in [0.2, 0.25) is 0 Å². The molecule has 0 aliphatic heterocycles. The fourth-order valence-corrected chi connectivity index (χ4v) is 5.83. The van der Waals surface area contributed by atoms with Gasteiger partial charge in [0.1, 0.15) is 22.2 Å². The largest absolute Gasteiger partial charge is 0.464 e. The first-order valence-electron chi connectivity index (χ1n) is 13.8. The number of carbonyl (C=O) groups excluding carboxylic acids is 3. The summed E-state index contributed by atoms with van der Waals surface area (Å²) >= 11 is 0.758. The molecule has 0 unspecified atom stereocenters. The van der Waals surface area contributed by atoms with Crippen molar-refractivity contribution < 1.29 is 23.2 Å². The van der Waals surface area contributed by atoms with Crippen LogP contribution >= 0.6 is 11.5 Å². The van der Waals surface area contributed by atoms with Crippen LogP contribution in [0.4, 0.5) is 15.8 Å². The number of anilines is 2. The molecule has 2 heterocycles. The van der Waals surface area contributed by atoms with E-state index in [4.69, 9.17) is 10.2 Å². The molecule has 2 aromatic carbocycles. The molecule has 5 rings (SSSR count). The van der Waals surface area contributed by atoms with E-state index in [2.05, 4.69) is 15.0 Å². The average molecular weight is 590 g/mol. The molecule has 1 atom stereocenters. The Morgan fingerprint density at radius 3 is 2.52 bits per heavy atom. The van der Waals surface area contributed by atoms with Gasteiger partial charge in [-0.25, -0.2) is 4.39 Å². The van der Waals surface area contributed by atoms with Crippen LogP contribution in [0.15, 0.2) is 71.1 Å². The van der Waals surface area contributed by atoms with Gasteiger partial charge in [0.25, 0.3) is 17.7 Å². The molecule has 9 nitrogen and oxygen atoms in total. The van der Waals surface area contributed by atoms with Crippen LogP contribution in [0.3, 0.4) is 0 Å². The van der Waals surface area contributed by atoms with Crippen LogP contribution in [0.5, 0.6) is 0 Å². The molecule has 0 saturated heterocycles. The molecule has 0 bridgehead atoms. The number of nitrogens with zero attached hydrogens (tertiary/aromatic N) is 2. The highest BCUT2D eigenvalue weighted by molar-refractivity contribution is 7.09. The summed E-state index contributed by atoms with van der Waals surface area (Å²) in [6.45, 7) is 1.91. The maximum atomic E-state index is 14.5. The highest BCUT2D eigenvalue weighted by atomic mass is 32.1. The minimum atomic E-state index is -1.32. The summed E-state index contributed by atoms with van der Waals surface area (Å²) in [6.07, 6.45) is 4.94. The van der Waals surface area contributed by atoms with Gasteiger partial charge in [0, 0.05) is 18.3 Å². The zero-order chi connectivity index (χ0) is 29.6. The number of halogens is 1. The number of hydrogen-bond acceptors (Lipinski definition) is 7. The molecule has 0 spiro atoms. The number of aryl methyl sites for hydroxylation is 1. The predicted octanol–water partition coefficient (Wildman–Crippen LogP) is 5.53. The van der Waals surface area contributed by atoms with Crippen molar-refractivity contribution in [2.45, 2.75) is 57.7 Å². The lowest BCUT2D eigenvalue weighted by Crippen LogP contribution is -2.44. The molecule has 1 saturated carbocycles. The second kappa shape index (κ2) is 13.0. The van der Waals surface area contributed by atoms with Crippen molar-refractivity contribution in [3.8, 4) is 0 Å². The van der Waals surface area contributed by atoms with Crippen LogP contribution in [0.1, 0.15) is 75.4 Å². The van der Waals surface area contributed by atoms with E-state index < -0.39 is 29.6 Å². The second-order valence-electron chi connectivity index (χ2n) is 10.3. The van der Waals surface area contributed by atoms with Gasteiger partial charge in [-0.3, -0.25) is 19.3 Å². The van der Waals surface area contributed by atoms with Crippen LogP contribution < -0.4 is 21.3 Å². The summed E-state index contributed by atoms with van der Waals surface area (Å²) < 4.78 is 24.5. The van der Waals surface area contributed by atoms with E-state index >= 15 is 0 Å². The van der Waals surface area contributed by atoms with Gasteiger partial charge in [0.15, 0.2) is 11.7 Å². The van der Waals surface area contributed by atoms with E-state index in [-0.39, 0.29) is 40.3 Å². The molecular formula is C31H32FN5O4S. The maximum Gasteiger partial charge on any atom is 0.273 e. The van der Waals surface area contributed by atoms with E-state index in [0.29, 0.717) is 5.76 Å². The van der Waals surface area contributed by atoms with E-state index in [1.54, 1.807) is 19.1 Å². The zero-order valence-electron chi connectivity index (χ0n) is 23.1. The van der Waals surface area contributed by atoms with Gasteiger partial charge in [-0.05, 0) is 67.2 Å². The van der Waals surface area contributed by atoms with Crippen molar-refractivity contribution in [3.05, 3.63) is 100 Å². The summed E-state index contributed by atoms with van der Waals surface area (Å²) in [4.78, 5) is 42.2. The first kappa shape index (κ1) is 29.0. The molecule has 0 radical (unpaired) electrons. The summed E-state index contributed by atoms with van der Waals surface area (Å²) in [5, 5.41) is 5.84. The third-order valence-corrected chi connectivity index (χ3v) is 8.08. The van der Waals surface area contributed by atoms with E-state index in [9.17, 15) is 18.8 Å². The van der Waals surface area contributed by atoms with Gasteiger partial charge < -0.3 is 20.8 Å². The molecule has 11 heteroatoms. The number of rotatable bonds is 9. The minimum Gasteiger partial charge on any atom is -0.464 e. The lowest BCUT2D eigenvalue weighted by atomic mass is 9.95. The quantitative estimate of drug-likeness (QED) is 0.235. The van der Waals surface area contributed by atoms with E-state index in [1.165, 1.54) is 18.2 Å². The summed E-state index contributed by atoms with van der Waals surface area (Å²) in [7, 11) is 0. The zero-order valence-corrected chi connectivity index (χ0v) is 24.0. The van der Waals surface area contributed by atoms with Gasteiger partial charge >= 0.3 is 0 Å². The number of nitrogen functional groups attached to an aromatic ring is 1. The molecule has 1 aliphatic rings. The van der Waals surface area contributed by atoms with Crippen molar-refractivity contribution in [1.29, 1.82) is 0 Å². The summed E-state index contributed by atoms with van der Waals surface area (Å²) in [6, 6.07) is 16.6. The monoisotopic (exact) mass is 589 g/mol. The summed E-state index contributed by atoms with van der Waals surface area (Å²) in [5.41, 5.74) is 7.16. The molecule has 2 aromatic heterocycles. The van der Waals surface area contributed by atoms with E-state index in [0.717, 1.165) is 60.2 Å². The van der Waals surface area contributed by atoms with Crippen molar-refractivity contribution in [3.63, 3.8) is 0 Å². The Bertz CT molecular complexity index is 1560. The Hall–Kier alpha value is -4.51. The first-order valence-corrected chi connectivity index (χ1v) is 14.6. The maximum absolute atomic E-state index is 14.5. The highest BCUT2D eigenvalue weighted by Gasteiger charge is 2.38. The van der Waals surface area contributed by atoms with Crippen molar-refractivity contribution in [2.24, 2.45) is 0 Å². The van der Waals surface area contributed by atoms with Gasteiger partial charge in [-0.2, -0.15) is 4.37 Å². The third-order valence-electron chi connectivity index (χ3n) is 7.23. The number of amides is 3. The lowest BCUT2D eigenvalue weighted by molar-refractivity contribution is -0.123. The second-order valence-corrected chi connectivity index (χ2v) is 11.1. The Kier molecular flexibility index (Phi) is 8.97. The molecule has 218 valence electrons. The number of carbonyl (C=O) groups is 3. The molecule has 4 N–H and O–H groups in total. The van der Waals surface area contributed by atoms with Crippen LogP contribution in [0.25, 0.3) is 0 Å². The predicted molar refractivity (Wildman–Crippen MR) is 159 cm³/mol. The molecule has 4 aromatic rings. The molecule has 1 fully saturated rings. The van der Waals surface area contributed by atoms with Crippen LogP contribution in [-0.4, -0.2) is 28.1 Å². The van der Waals surface area contributed by atoms with Gasteiger partial charge in [0.2, 0.25) is 0 Å². The molecular weight excluding hydrogens is 557 g/mol. The smallest absolute Gasteiger partial charge is 0.273 e. The number of nitrogens with one attached hydrogen (secondary N) is 2. The van der Waals surface area contributed by atoms with Crippen molar-refractivity contribution in [1.82, 2.24) is 15.0 Å². The van der Waals surface area contributed by atoms with Gasteiger partial charge in [-0.15, -0.1) is 0 Å². The Morgan fingerprint density at radius 2 is 1.83 bits per heavy atom. The number of furan rings is 1. The SMILES string of the molecule is Cc1ccc([C@H](C(=O)NCc2ccccc2)N(C(=O)c2snc(C(=O)NC3CCCCC3)c2N)c2cccc(F)c2)o1. The average Bonchev–Trinajstić information content (AvgIpc) is 3.60. The Morgan fingerprint density at radius 1 is 1.07 bits per heavy atom. The first-order chi connectivity index (χ1) is 20.3. The Balaban J connectivity index is 1.51. The van der Waals surface area contributed by atoms with E-state index in [1.807, 2.05) is 30.3 Å². The number of hydrogen-bond donors (Lipinski definition) is 3. The van der Waals surface area contributed by atoms with Crippen molar-refractivity contribution in [2.75, 3.05) is 10.6 Å². The topological polar surface area (TPSA) is 131 Å². The molecule has 1 aliphatic carbocycles. The standard InChI is InChI=1S/C31H32FN5O4S/c1-19-15-16-24(41-19)27(30(39)34-18-20-9-4-2-5-10-20)37(23-14-8-11-21(32)17-23)31(40)28-25(33)26(36-42-28)29(38)35-22-12-6-3-7-13-22/h2,4-5,8-11,14-17,22,27H,3,6-7,12-13,18,33H2,1H3,(H,34,39)(H,35,38)/t27-/m1/s1. The van der Waals surface area contributed by atoms with Crippen LogP contribution in [-0.2, 0) is 11.3 Å². The number of benzene rings is 2. The summed E-state index contributed by atoms with van der Waals surface area (Å²) in [5.74, 6) is -1.63. The van der Waals surface area contributed by atoms with Crippen LogP contribution in [0, 0.1) is 12.7 Å². The molecule has 3 amide bonds. The number of nitrogens with two attached hydrogens (primary N) is 1. The third kappa shape index (κ3) is 6.52. The fourth-order valence-electron chi connectivity index (χ4n) is 5.09. The van der Waals surface area contributed by atoms with Gasteiger partial charge in [-0.1, -0.05) is 55.7 Å². The molecule has 42 heavy (non-hydrogen) atoms. The van der Waals surface area contributed by atoms with Crippen molar-refractivity contribution >= 4 is 40.6 Å². The Labute approximate surface area is 247 Å². The normalized spacial score (nSPS) is 14.2. The lowest BCUT2D eigenvalue weighted by Gasteiger charge is -2.29.